The first kappa shape index (κ1) is 16.7. The maximum Gasteiger partial charge on any atom is 0.259 e. The third-order valence-corrected chi connectivity index (χ3v) is 5.33. The minimum absolute atomic E-state index is 0.00973. The molecular weight excluding hydrogens is 326 g/mol. The van der Waals surface area contributed by atoms with Gasteiger partial charge in [-0.15, -0.1) is 0 Å². The van der Waals surface area contributed by atoms with Crippen LogP contribution in [0.3, 0.4) is 0 Å². The fourth-order valence-electron chi connectivity index (χ4n) is 3.83. The minimum atomic E-state index is -0.00973. The van der Waals surface area contributed by atoms with Gasteiger partial charge in [-0.1, -0.05) is 18.2 Å². The smallest absolute Gasteiger partial charge is 0.259 e. The third-order valence-electron chi connectivity index (χ3n) is 5.33. The highest BCUT2D eigenvalue weighted by Crippen LogP contribution is 2.31. The number of anilines is 1. The van der Waals surface area contributed by atoms with Crippen molar-refractivity contribution in [2.45, 2.75) is 38.6 Å². The van der Waals surface area contributed by atoms with Gasteiger partial charge in [-0.25, -0.2) is 4.68 Å². The second kappa shape index (κ2) is 6.52. The number of rotatable bonds is 3. The lowest BCUT2D eigenvalue weighted by Gasteiger charge is -2.31. The molecule has 0 spiro atoms. The maximum atomic E-state index is 12.8. The van der Waals surface area contributed by atoms with Crippen LogP contribution in [0.15, 0.2) is 36.5 Å². The SMILES string of the molecule is CC(C)n1ncc(C(=O)N2CCC(c3cc4ccccc4[nH]3)CC2)c1N. The summed E-state index contributed by atoms with van der Waals surface area (Å²) in [6.07, 6.45) is 3.51. The van der Waals surface area contributed by atoms with Gasteiger partial charge in [-0.05, 0) is 44.2 Å². The van der Waals surface area contributed by atoms with Crippen LogP contribution in [-0.2, 0) is 0 Å². The van der Waals surface area contributed by atoms with Gasteiger partial charge in [-0.3, -0.25) is 4.79 Å². The summed E-state index contributed by atoms with van der Waals surface area (Å²) in [6.45, 7) is 5.49. The van der Waals surface area contributed by atoms with E-state index < -0.39 is 0 Å². The molecule has 1 saturated heterocycles. The second-order valence-corrected chi connectivity index (χ2v) is 7.36. The molecule has 6 nitrogen and oxygen atoms in total. The van der Waals surface area contributed by atoms with E-state index in [2.05, 4.69) is 34.3 Å². The Morgan fingerprint density at radius 1 is 1.27 bits per heavy atom. The molecular formula is C20H25N5O. The number of amides is 1. The molecule has 0 atom stereocenters. The number of aromatic nitrogens is 3. The number of fused-ring (bicyclic) bond motifs is 1. The van der Waals surface area contributed by atoms with Gasteiger partial charge in [0.25, 0.3) is 5.91 Å². The van der Waals surface area contributed by atoms with Crippen molar-refractivity contribution in [3.8, 4) is 0 Å². The summed E-state index contributed by atoms with van der Waals surface area (Å²) in [4.78, 5) is 18.3. The van der Waals surface area contributed by atoms with E-state index in [0.717, 1.165) is 25.9 Å². The molecule has 0 radical (unpaired) electrons. The Labute approximate surface area is 153 Å². The van der Waals surface area contributed by atoms with Crippen LogP contribution in [0.2, 0.25) is 0 Å². The van der Waals surface area contributed by atoms with Gasteiger partial charge >= 0.3 is 0 Å². The average Bonchev–Trinajstić information content (AvgIpc) is 3.24. The number of carbonyl (C=O) groups is 1. The van der Waals surface area contributed by atoms with Crippen LogP contribution >= 0.6 is 0 Å². The Hall–Kier alpha value is -2.76. The van der Waals surface area contributed by atoms with Crippen molar-refractivity contribution in [3.63, 3.8) is 0 Å². The topological polar surface area (TPSA) is 79.9 Å². The van der Waals surface area contributed by atoms with Crippen molar-refractivity contribution < 1.29 is 4.79 Å². The number of nitrogens with two attached hydrogens (primary N) is 1. The average molecular weight is 351 g/mol. The third kappa shape index (κ3) is 2.85. The summed E-state index contributed by atoms with van der Waals surface area (Å²) in [5.74, 6) is 0.912. The van der Waals surface area contributed by atoms with Crippen LogP contribution < -0.4 is 5.73 Å². The number of benzene rings is 1. The molecule has 3 N–H and O–H groups in total. The number of nitrogens with zero attached hydrogens (tertiary/aromatic N) is 3. The zero-order valence-corrected chi connectivity index (χ0v) is 15.3. The van der Waals surface area contributed by atoms with E-state index in [1.54, 1.807) is 10.9 Å². The van der Waals surface area contributed by atoms with Crippen LogP contribution in [-0.4, -0.2) is 38.7 Å². The van der Waals surface area contributed by atoms with E-state index in [0.29, 0.717) is 17.3 Å². The van der Waals surface area contributed by atoms with Crippen LogP contribution in [0.4, 0.5) is 5.82 Å². The van der Waals surface area contributed by atoms with Crippen LogP contribution in [0.5, 0.6) is 0 Å². The van der Waals surface area contributed by atoms with Crippen LogP contribution in [0.1, 0.15) is 54.7 Å². The van der Waals surface area contributed by atoms with Gasteiger partial charge < -0.3 is 15.6 Å². The molecule has 1 amide bonds. The van der Waals surface area contributed by atoms with Crippen molar-refractivity contribution >= 4 is 22.6 Å². The predicted octanol–water partition coefficient (Wildman–Crippen LogP) is 3.55. The maximum absolute atomic E-state index is 12.8. The summed E-state index contributed by atoms with van der Waals surface area (Å²) in [7, 11) is 0. The van der Waals surface area contributed by atoms with Crippen LogP contribution in [0.25, 0.3) is 10.9 Å². The first-order valence-electron chi connectivity index (χ1n) is 9.24. The number of hydrogen-bond acceptors (Lipinski definition) is 3. The Balaban J connectivity index is 1.45. The van der Waals surface area contributed by atoms with E-state index in [1.165, 1.54) is 16.6 Å². The van der Waals surface area contributed by atoms with Crippen molar-refractivity contribution in [2.24, 2.45) is 0 Å². The van der Waals surface area contributed by atoms with Gasteiger partial charge in [0.15, 0.2) is 0 Å². The first-order valence-corrected chi connectivity index (χ1v) is 9.24. The number of carbonyl (C=O) groups excluding carboxylic acids is 1. The zero-order valence-electron chi connectivity index (χ0n) is 15.3. The molecule has 1 aromatic carbocycles. The number of nitrogens with one attached hydrogen (secondary N) is 1. The number of hydrogen-bond donors (Lipinski definition) is 2. The highest BCUT2D eigenvalue weighted by Gasteiger charge is 2.28. The van der Waals surface area contributed by atoms with Crippen molar-refractivity contribution in [3.05, 3.63) is 47.8 Å². The summed E-state index contributed by atoms with van der Waals surface area (Å²) < 4.78 is 1.70. The van der Waals surface area contributed by atoms with Crippen molar-refractivity contribution in [2.75, 3.05) is 18.8 Å². The number of nitrogen functional groups attached to an aromatic ring is 1. The molecule has 0 unspecified atom stereocenters. The Bertz CT molecular complexity index is 898. The lowest BCUT2D eigenvalue weighted by atomic mass is 9.93. The van der Waals surface area contributed by atoms with Crippen molar-refractivity contribution in [1.82, 2.24) is 19.7 Å². The minimum Gasteiger partial charge on any atom is -0.383 e. The van der Waals surface area contributed by atoms with E-state index in [1.807, 2.05) is 24.8 Å². The Kier molecular flexibility index (Phi) is 4.18. The molecule has 3 aromatic rings. The lowest BCUT2D eigenvalue weighted by Crippen LogP contribution is -2.38. The number of aromatic amines is 1. The molecule has 1 aliphatic heterocycles. The number of para-hydroxylation sites is 1. The quantitative estimate of drug-likeness (QED) is 0.757. The Morgan fingerprint density at radius 3 is 2.65 bits per heavy atom. The molecule has 2 aromatic heterocycles. The number of likely N-dealkylation sites (tertiary alicyclic amines) is 1. The standard InChI is InChI=1S/C20H25N5O/c1-13(2)25-19(21)16(12-22-25)20(26)24-9-7-14(8-10-24)18-11-15-5-3-4-6-17(15)23-18/h3-6,11-14,23H,7-10,21H2,1-2H3. The van der Waals surface area contributed by atoms with E-state index in [-0.39, 0.29) is 11.9 Å². The molecule has 0 bridgehead atoms. The number of piperidine rings is 1. The van der Waals surface area contributed by atoms with E-state index in [9.17, 15) is 4.79 Å². The van der Waals surface area contributed by atoms with E-state index in [4.69, 9.17) is 5.73 Å². The monoisotopic (exact) mass is 351 g/mol. The first-order chi connectivity index (χ1) is 12.5. The second-order valence-electron chi connectivity index (χ2n) is 7.36. The highest BCUT2D eigenvalue weighted by atomic mass is 16.2. The Morgan fingerprint density at radius 2 is 2.00 bits per heavy atom. The molecule has 136 valence electrons. The summed E-state index contributed by atoms with van der Waals surface area (Å²) in [5, 5.41) is 5.50. The molecule has 6 heteroatoms. The predicted molar refractivity (Wildman–Crippen MR) is 103 cm³/mol. The fraction of sp³-hybridized carbons (Fsp3) is 0.400. The zero-order chi connectivity index (χ0) is 18.3. The molecule has 1 aliphatic rings. The largest absolute Gasteiger partial charge is 0.383 e. The van der Waals surface area contributed by atoms with Crippen LogP contribution in [0, 0.1) is 0 Å². The summed E-state index contributed by atoms with van der Waals surface area (Å²) in [5.41, 5.74) is 9.08. The molecule has 1 fully saturated rings. The van der Waals surface area contributed by atoms with Gasteiger partial charge in [0, 0.05) is 36.3 Å². The van der Waals surface area contributed by atoms with E-state index >= 15 is 0 Å². The van der Waals surface area contributed by atoms with Gasteiger partial charge in [0.05, 0.1) is 6.20 Å². The molecule has 26 heavy (non-hydrogen) atoms. The summed E-state index contributed by atoms with van der Waals surface area (Å²) >= 11 is 0. The molecule has 0 saturated carbocycles. The lowest BCUT2D eigenvalue weighted by molar-refractivity contribution is 0.0713. The molecule has 3 heterocycles. The molecule has 4 rings (SSSR count). The van der Waals surface area contributed by atoms with Crippen molar-refractivity contribution in [1.29, 1.82) is 0 Å². The normalized spacial score (nSPS) is 15.9. The fourth-order valence-corrected chi connectivity index (χ4v) is 3.83. The van der Waals surface area contributed by atoms with Gasteiger partial charge in [0.1, 0.15) is 11.4 Å². The highest BCUT2D eigenvalue weighted by molar-refractivity contribution is 5.98. The molecule has 0 aliphatic carbocycles. The van der Waals surface area contributed by atoms with Gasteiger partial charge in [0.2, 0.25) is 0 Å². The number of H-pyrrole nitrogens is 1. The summed E-state index contributed by atoms with van der Waals surface area (Å²) in [6, 6.07) is 10.7. The van der Waals surface area contributed by atoms with Gasteiger partial charge in [-0.2, -0.15) is 5.10 Å².